The normalized spacial score (nSPS) is 10.6. The summed E-state index contributed by atoms with van der Waals surface area (Å²) < 4.78 is 1.66. The van der Waals surface area contributed by atoms with E-state index in [0.29, 0.717) is 5.75 Å². The van der Waals surface area contributed by atoms with Crippen molar-refractivity contribution in [1.29, 1.82) is 0 Å². The van der Waals surface area contributed by atoms with Crippen molar-refractivity contribution in [2.24, 2.45) is 0 Å². The highest BCUT2D eigenvalue weighted by Gasteiger charge is 2.04. The summed E-state index contributed by atoms with van der Waals surface area (Å²) >= 11 is 0. The second kappa shape index (κ2) is 4.35. The molecule has 0 radical (unpaired) electrons. The van der Waals surface area contributed by atoms with Gasteiger partial charge in [-0.3, -0.25) is 0 Å². The summed E-state index contributed by atoms with van der Waals surface area (Å²) in [6.07, 6.45) is 3.74. The lowest BCUT2D eigenvalue weighted by molar-refractivity contribution is 0.467. The average molecular weight is 217 g/mol. The SMILES string of the molecule is CCCc1ccc(-n2cc(C)nn2)cc1O. The highest BCUT2D eigenvalue weighted by atomic mass is 16.3. The first-order valence-electron chi connectivity index (χ1n) is 5.42. The Morgan fingerprint density at radius 1 is 1.38 bits per heavy atom. The molecule has 84 valence electrons. The van der Waals surface area contributed by atoms with Crippen molar-refractivity contribution in [3.05, 3.63) is 35.7 Å². The molecular weight excluding hydrogens is 202 g/mol. The number of hydrogen-bond acceptors (Lipinski definition) is 3. The molecule has 1 N–H and O–H groups in total. The van der Waals surface area contributed by atoms with E-state index < -0.39 is 0 Å². The fourth-order valence-electron chi connectivity index (χ4n) is 1.65. The number of hydrogen-bond donors (Lipinski definition) is 1. The van der Waals surface area contributed by atoms with Crippen molar-refractivity contribution in [2.75, 3.05) is 0 Å². The Morgan fingerprint density at radius 2 is 2.19 bits per heavy atom. The lowest BCUT2D eigenvalue weighted by Crippen LogP contribution is -1.95. The summed E-state index contributed by atoms with van der Waals surface area (Å²) in [5.74, 6) is 0.326. The van der Waals surface area contributed by atoms with Crippen LogP contribution in [0.4, 0.5) is 0 Å². The maximum Gasteiger partial charge on any atom is 0.120 e. The summed E-state index contributed by atoms with van der Waals surface area (Å²) in [5, 5.41) is 17.7. The fourth-order valence-corrected chi connectivity index (χ4v) is 1.65. The molecule has 0 atom stereocenters. The second-order valence-electron chi connectivity index (χ2n) is 3.87. The molecule has 0 saturated carbocycles. The average Bonchev–Trinajstić information content (AvgIpc) is 2.68. The number of aromatic nitrogens is 3. The van der Waals surface area contributed by atoms with Gasteiger partial charge in [-0.05, 0) is 25.0 Å². The smallest absolute Gasteiger partial charge is 0.120 e. The fraction of sp³-hybridized carbons (Fsp3) is 0.333. The van der Waals surface area contributed by atoms with E-state index in [2.05, 4.69) is 17.2 Å². The highest BCUT2D eigenvalue weighted by Crippen LogP contribution is 2.22. The van der Waals surface area contributed by atoms with Crippen LogP contribution in [-0.2, 0) is 6.42 Å². The van der Waals surface area contributed by atoms with Crippen LogP contribution in [0.25, 0.3) is 5.69 Å². The molecule has 16 heavy (non-hydrogen) atoms. The molecule has 1 aromatic heterocycles. The molecule has 0 amide bonds. The van der Waals surface area contributed by atoms with Crippen molar-refractivity contribution in [3.8, 4) is 11.4 Å². The van der Waals surface area contributed by atoms with Gasteiger partial charge in [-0.1, -0.05) is 24.6 Å². The molecule has 0 spiro atoms. The molecule has 0 unspecified atom stereocenters. The lowest BCUT2D eigenvalue weighted by atomic mass is 10.1. The molecule has 0 fully saturated rings. The highest BCUT2D eigenvalue weighted by molar-refractivity contribution is 5.43. The summed E-state index contributed by atoms with van der Waals surface area (Å²) in [5.41, 5.74) is 2.66. The van der Waals surface area contributed by atoms with Crippen LogP contribution >= 0.6 is 0 Å². The van der Waals surface area contributed by atoms with E-state index in [0.717, 1.165) is 29.8 Å². The number of rotatable bonds is 3. The first-order chi connectivity index (χ1) is 7.70. The first kappa shape index (κ1) is 10.7. The van der Waals surface area contributed by atoms with Crippen molar-refractivity contribution in [3.63, 3.8) is 0 Å². The molecule has 0 bridgehead atoms. The summed E-state index contributed by atoms with van der Waals surface area (Å²) in [7, 11) is 0. The van der Waals surface area contributed by atoms with Crippen molar-refractivity contribution in [1.82, 2.24) is 15.0 Å². The molecule has 0 saturated heterocycles. The zero-order valence-electron chi connectivity index (χ0n) is 9.51. The van der Waals surface area contributed by atoms with E-state index in [4.69, 9.17) is 0 Å². The number of phenolic OH excluding ortho intramolecular Hbond substituents is 1. The van der Waals surface area contributed by atoms with Crippen LogP contribution in [0.3, 0.4) is 0 Å². The van der Waals surface area contributed by atoms with Crippen LogP contribution in [0.2, 0.25) is 0 Å². The van der Waals surface area contributed by atoms with Crippen LogP contribution in [0, 0.1) is 6.92 Å². The number of aryl methyl sites for hydroxylation is 2. The van der Waals surface area contributed by atoms with Gasteiger partial charge in [-0.15, -0.1) is 5.10 Å². The Kier molecular flexibility index (Phi) is 2.90. The topological polar surface area (TPSA) is 50.9 Å². The lowest BCUT2D eigenvalue weighted by Gasteiger charge is -2.05. The zero-order valence-corrected chi connectivity index (χ0v) is 9.51. The minimum absolute atomic E-state index is 0.326. The third-order valence-electron chi connectivity index (χ3n) is 2.46. The van der Waals surface area contributed by atoms with Gasteiger partial charge in [-0.2, -0.15) is 0 Å². The van der Waals surface area contributed by atoms with E-state index in [1.807, 2.05) is 25.3 Å². The predicted molar refractivity (Wildman–Crippen MR) is 61.8 cm³/mol. The van der Waals surface area contributed by atoms with Crippen molar-refractivity contribution >= 4 is 0 Å². The predicted octanol–water partition coefficient (Wildman–Crippen LogP) is 2.23. The van der Waals surface area contributed by atoms with E-state index in [1.165, 1.54) is 0 Å². The van der Waals surface area contributed by atoms with Crippen LogP contribution in [0.1, 0.15) is 24.6 Å². The quantitative estimate of drug-likeness (QED) is 0.857. The second-order valence-corrected chi connectivity index (χ2v) is 3.87. The van der Waals surface area contributed by atoms with Gasteiger partial charge < -0.3 is 5.11 Å². The zero-order chi connectivity index (χ0) is 11.5. The monoisotopic (exact) mass is 217 g/mol. The first-order valence-corrected chi connectivity index (χ1v) is 5.42. The number of phenols is 1. The van der Waals surface area contributed by atoms with Crippen LogP contribution in [0.15, 0.2) is 24.4 Å². The number of aromatic hydroxyl groups is 1. The van der Waals surface area contributed by atoms with Crippen LogP contribution < -0.4 is 0 Å². The standard InChI is InChI=1S/C12H15N3O/c1-3-4-10-5-6-11(7-12(10)16)15-8-9(2)13-14-15/h5-8,16H,3-4H2,1-2H3. The summed E-state index contributed by atoms with van der Waals surface area (Å²) in [6, 6.07) is 5.60. The molecule has 0 aliphatic carbocycles. The molecule has 4 nitrogen and oxygen atoms in total. The van der Waals surface area contributed by atoms with E-state index >= 15 is 0 Å². The third-order valence-corrected chi connectivity index (χ3v) is 2.46. The van der Waals surface area contributed by atoms with E-state index in [-0.39, 0.29) is 0 Å². The maximum atomic E-state index is 9.83. The molecule has 4 heteroatoms. The van der Waals surface area contributed by atoms with Crippen LogP contribution in [-0.4, -0.2) is 20.1 Å². The largest absolute Gasteiger partial charge is 0.508 e. The molecule has 1 aromatic carbocycles. The summed E-state index contributed by atoms with van der Waals surface area (Å²) in [6.45, 7) is 3.98. The molecule has 1 heterocycles. The molecule has 0 aliphatic rings. The maximum absolute atomic E-state index is 9.83. The Labute approximate surface area is 94.5 Å². The molecule has 0 aliphatic heterocycles. The Morgan fingerprint density at radius 3 is 2.75 bits per heavy atom. The molecule has 2 rings (SSSR count). The Balaban J connectivity index is 2.34. The minimum atomic E-state index is 0.326. The van der Waals surface area contributed by atoms with Gasteiger partial charge in [0.2, 0.25) is 0 Å². The van der Waals surface area contributed by atoms with Gasteiger partial charge in [0.1, 0.15) is 5.75 Å². The van der Waals surface area contributed by atoms with Gasteiger partial charge in [0.05, 0.1) is 17.6 Å². The van der Waals surface area contributed by atoms with Gasteiger partial charge in [0, 0.05) is 6.07 Å². The third kappa shape index (κ3) is 2.05. The van der Waals surface area contributed by atoms with Gasteiger partial charge in [-0.25, -0.2) is 4.68 Å². The molecular formula is C12H15N3O. The Hall–Kier alpha value is -1.84. The Bertz CT molecular complexity index is 491. The van der Waals surface area contributed by atoms with Gasteiger partial charge >= 0.3 is 0 Å². The minimum Gasteiger partial charge on any atom is -0.508 e. The molecule has 2 aromatic rings. The van der Waals surface area contributed by atoms with Crippen molar-refractivity contribution < 1.29 is 5.11 Å². The number of benzene rings is 1. The van der Waals surface area contributed by atoms with Crippen LogP contribution in [0.5, 0.6) is 5.75 Å². The van der Waals surface area contributed by atoms with E-state index in [9.17, 15) is 5.11 Å². The van der Waals surface area contributed by atoms with Crippen molar-refractivity contribution in [2.45, 2.75) is 26.7 Å². The van der Waals surface area contributed by atoms with E-state index in [1.54, 1.807) is 10.7 Å². The number of nitrogens with zero attached hydrogens (tertiary/aromatic N) is 3. The van der Waals surface area contributed by atoms with Gasteiger partial charge in [0.25, 0.3) is 0 Å². The summed E-state index contributed by atoms with van der Waals surface area (Å²) in [4.78, 5) is 0. The van der Waals surface area contributed by atoms with Gasteiger partial charge in [0.15, 0.2) is 0 Å².